The van der Waals surface area contributed by atoms with Gasteiger partial charge in [0.1, 0.15) is 0 Å². The van der Waals surface area contributed by atoms with Crippen molar-refractivity contribution < 1.29 is 14.4 Å². The SMILES string of the molecule is C=CCN1C(=O)c2ccc(C(=O)N/N=C3\C[C@@H]4CC[C@@]3(C)C4(C)C)cc2C1=O. The number of imide groups is 1. The minimum absolute atomic E-state index is 0.0104. The molecule has 1 aromatic carbocycles. The minimum Gasteiger partial charge on any atom is -0.270 e. The molecule has 2 aliphatic carbocycles. The fourth-order valence-corrected chi connectivity index (χ4v) is 5.01. The highest BCUT2D eigenvalue weighted by molar-refractivity contribution is 6.22. The molecule has 2 atom stereocenters. The first-order valence-electron chi connectivity index (χ1n) is 9.69. The number of nitrogens with one attached hydrogen (secondary N) is 1. The highest BCUT2D eigenvalue weighted by Gasteiger charge is 2.60. The fourth-order valence-electron chi connectivity index (χ4n) is 5.01. The van der Waals surface area contributed by atoms with E-state index in [-0.39, 0.29) is 34.8 Å². The van der Waals surface area contributed by atoms with E-state index in [0.29, 0.717) is 17.0 Å². The Balaban J connectivity index is 1.55. The summed E-state index contributed by atoms with van der Waals surface area (Å²) in [5.41, 5.74) is 4.79. The van der Waals surface area contributed by atoms with Crippen molar-refractivity contribution >= 4 is 23.4 Å². The normalized spacial score (nSPS) is 28.8. The molecule has 0 saturated heterocycles. The topological polar surface area (TPSA) is 78.8 Å². The number of rotatable bonds is 4. The first-order chi connectivity index (χ1) is 13.2. The van der Waals surface area contributed by atoms with Gasteiger partial charge in [-0.1, -0.05) is 26.8 Å². The van der Waals surface area contributed by atoms with E-state index in [4.69, 9.17) is 0 Å². The number of nitrogens with zero attached hydrogens (tertiary/aromatic N) is 2. The highest BCUT2D eigenvalue weighted by atomic mass is 16.2. The molecule has 1 aromatic rings. The van der Waals surface area contributed by atoms with E-state index in [9.17, 15) is 14.4 Å². The first-order valence-corrected chi connectivity index (χ1v) is 9.69. The van der Waals surface area contributed by atoms with Crippen LogP contribution >= 0.6 is 0 Å². The molecule has 2 fully saturated rings. The maximum atomic E-state index is 12.6. The largest absolute Gasteiger partial charge is 0.271 e. The summed E-state index contributed by atoms with van der Waals surface area (Å²) in [5.74, 6) is -0.526. The average molecular weight is 379 g/mol. The molecule has 2 bridgehead atoms. The first kappa shape index (κ1) is 18.6. The molecule has 0 radical (unpaired) electrons. The second-order valence-corrected chi connectivity index (χ2v) is 8.76. The van der Waals surface area contributed by atoms with Crippen LogP contribution in [0.3, 0.4) is 0 Å². The van der Waals surface area contributed by atoms with Crippen molar-refractivity contribution in [2.24, 2.45) is 21.8 Å². The number of fused-ring (bicyclic) bond motifs is 3. The number of carbonyl (C=O) groups is 3. The summed E-state index contributed by atoms with van der Waals surface area (Å²) < 4.78 is 0. The molecule has 0 unspecified atom stereocenters. The van der Waals surface area contributed by atoms with Crippen LogP contribution < -0.4 is 5.43 Å². The molecule has 1 N–H and O–H groups in total. The van der Waals surface area contributed by atoms with Gasteiger partial charge in [-0.05, 0) is 48.8 Å². The Kier molecular flexibility index (Phi) is 4.07. The zero-order valence-electron chi connectivity index (χ0n) is 16.5. The number of hydrogen-bond donors (Lipinski definition) is 1. The predicted molar refractivity (Wildman–Crippen MR) is 106 cm³/mol. The smallest absolute Gasteiger partial charge is 0.270 e. The van der Waals surface area contributed by atoms with Gasteiger partial charge in [-0.3, -0.25) is 19.3 Å². The van der Waals surface area contributed by atoms with Crippen LogP contribution in [0.1, 0.15) is 71.1 Å². The van der Waals surface area contributed by atoms with Crippen LogP contribution in [-0.2, 0) is 0 Å². The van der Waals surface area contributed by atoms with Crippen LogP contribution in [0.4, 0.5) is 0 Å². The van der Waals surface area contributed by atoms with Crippen molar-refractivity contribution in [1.82, 2.24) is 10.3 Å². The van der Waals surface area contributed by atoms with E-state index in [1.165, 1.54) is 24.6 Å². The molecule has 6 nitrogen and oxygen atoms in total. The van der Waals surface area contributed by atoms with Gasteiger partial charge < -0.3 is 0 Å². The maximum Gasteiger partial charge on any atom is 0.271 e. The number of amides is 3. The van der Waals surface area contributed by atoms with Gasteiger partial charge in [0.15, 0.2) is 0 Å². The molecule has 146 valence electrons. The van der Waals surface area contributed by atoms with Gasteiger partial charge in [-0.25, -0.2) is 5.43 Å². The average Bonchev–Trinajstić information content (AvgIpc) is 3.12. The molecular weight excluding hydrogens is 354 g/mol. The van der Waals surface area contributed by atoms with E-state index in [1.807, 2.05) is 0 Å². The van der Waals surface area contributed by atoms with Gasteiger partial charge in [-0.15, -0.1) is 6.58 Å². The number of hydrogen-bond acceptors (Lipinski definition) is 4. The molecule has 0 aromatic heterocycles. The Morgan fingerprint density at radius 2 is 2.00 bits per heavy atom. The number of hydrazone groups is 1. The van der Waals surface area contributed by atoms with Gasteiger partial charge in [0.2, 0.25) is 0 Å². The summed E-state index contributed by atoms with van der Waals surface area (Å²) in [6, 6.07) is 4.56. The second kappa shape index (κ2) is 6.12. The third kappa shape index (κ3) is 2.40. The number of benzene rings is 1. The van der Waals surface area contributed by atoms with E-state index in [2.05, 4.69) is 37.9 Å². The van der Waals surface area contributed by atoms with E-state index in [1.54, 1.807) is 6.07 Å². The standard InChI is InChI=1S/C22H25N3O3/c1-5-10-25-19(27)15-7-6-13(11-16(15)20(25)28)18(26)24-23-17-12-14-8-9-22(17,4)21(14,2)3/h5-7,11,14H,1,8-10,12H2,2-4H3,(H,24,26)/b23-17+/t14-,22+/m0/s1. The molecule has 0 spiro atoms. The quantitative estimate of drug-likeness (QED) is 0.495. The van der Waals surface area contributed by atoms with Crippen molar-refractivity contribution in [3.05, 3.63) is 47.5 Å². The summed E-state index contributed by atoms with van der Waals surface area (Å²) in [4.78, 5) is 38.5. The molecule has 3 aliphatic rings. The lowest BCUT2D eigenvalue weighted by molar-refractivity contribution is 0.0672. The van der Waals surface area contributed by atoms with Crippen LogP contribution in [0.5, 0.6) is 0 Å². The molecule has 3 amide bonds. The van der Waals surface area contributed by atoms with Crippen molar-refractivity contribution in [3.63, 3.8) is 0 Å². The third-order valence-electron chi connectivity index (χ3n) is 7.35. The summed E-state index contributed by atoms with van der Waals surface area (Å²) in [5, 5.41) is 4.46. The predicted octanol–water partition coefficient (Wildman–Crippen LogP) is 3.40. The Morgan fingerprint density at radius 3 is 2.61 bits per heavy atom. The van der Waals surface area contributed by atoms with Crippen molar-refractivity contribution in [2.45, 2.75) is 40.0 Å². The maximum absolute atomic E-state index is 12.6. The summed E-state index contributed by atoms with van der Waals surface area (Å²) in [7, 11) is 0. The third-order valence-corrected chi connectivity index (χ3v) is 7.35. The molecule has 1 aliphatic heterocycles. The molecule has 4 rings (SSSR count). The van der Waals surface area contributed by atoms with Gasteiger partial charge in [0, 0.05) is 23.2 Å². The second-order valence-electron chi connectivity index (χ2n) is 8.76. The van der Waals surface area contributed by atoms with Gasteiger partial charge >= 0.3 is 0 Å². The zero-order chi connectivity index (χ0) is 20.3. The Bertz CT molecular complexity index is 946. The molecular formula is C22H25N3O3. The zero-order valence-corrected chi connectivity index (χ0v) is 16.5. The lowest BCUT2D eigenvalue weighted by Crippen LogP contribution is -2.34. The monoisotopic (exact) mass is 379 g/mol. The van der Waals surface area contributed by atoms with Crippen LogP contribution in [-0.4, -0.2) is 34.9 Å². The van der Waals surface area contributed by atoms with Gasteiger partial charge in [0.05, 0.1) is 11.1 Å². The molecule has 6 heteroatoms. The lowest BCUT2D eigenvalue weighted by atomic mass is 9.70. The van der Waals surface area contributed by atoms with Crippen LogP contribution in [0.25, 0.3) is 0 Å². The van der Waals surface area contributed by atoms with Crippen molar-refractivity contribution in [2.75, 3.05) is 6.54 Å². The minimum atomic E-state index is -0.400. The van der Waals surface area contributed by atoms with E-state index in [0.717, 1.165) is 23.5 Å². The van der Waals surface area contributed by atoms with E-state index >= 15 is 0 Å². The Labute approximate surface area is 164 Å². The van der Waals surface area contributed by atoms with Crippen molar-refractivity contribution in [1.29, 1.82) is 0 Å². The highest BCUT2D eigenvalue weighted by Crippen LogP contribution is 2.63. The number of carbonyl (C=O) groups excluding carboxylic acids is 3. The summed E-state index contributed by atoms with van der Waals surface area (Å²) >= 11 is 0. The Morgan fingerprint density at radius 1 is 1.29 bits per heavy atom. The van der Waals surface area contributed by atoms with Crippen LogP contribution in [0, 0.1) is 16.7 Å². The van der Waals surface area contributed by atoms with E-state index < -0.39 is 5.91 Å². The van der Waals surface area contributed by atoms with Gasteiger partial charge in [0.25, 0.3) is 17.7 Å². The fraction of sp³-hybridized carbons (Fsp3) is 0.455. The Hall–Kier alpha value is -2.76. The van der Waals surface area contributed by atoms with Crippen LogP contribution in [0.2, 0.25) is 0 Å². The van der Waals surface area contributed by atoms with Gasteiger partial charge in [-0.2, -0.15) is 5.10 Å². The van der Waals surface area contributed by atoms with Crippen LogP contribution in [0.15, 0.2) is 36.0 Å². The molecule has 2 saturated carbocycles. The summed E-state index contributed by atoms with van der Waals surface area (Å²) in [6.45, 7) is 10.5. The van der Waals surface area contributed by atoms with Crippen molar-refractivity contribution in [3.8, 4) is 0 Å². The lowest BCUT2D eigenvalue weighted by Gasteiger charge is -2.34. The molecule has 1 heterocycles. The summed E-state index contributed by atoms with van der Waals surface area (Å²) in [6.07, 6.45) is 4.72. The molecule has 28 heavy (non-hydrogen) atoms.